The van der Waals surface area contributed by atoms with Crippen molar-refractivity contribution < 1.29 is 19.2 Å². The Hall–Kier alpha value is -3.52. The minimum atomic E-state index is -0.589. The highest BCUT2D eigenvalue weighted by Crippen LogP contribution is 2.52. The van der Waals surface area contributed by atoms with Gasteiger partial charge in [-0.2, -0.15) is 10.1 Å². The fraction of sp³-hybridized carbons (Fsp3) is 0.292. The molecule has 3 aliphatic rings. The third-order valence-corrected chi connectivity index (χ3v) is 6.70. The normalized spacial score (nSPS) is 25.3. The number of hydrazone groups is 1. The van der Waals surface area contributed by atoms with E-state index in [-0.39, 0.29) is 64.1 Å². The fourth-order valence-corrected chi connectivity index (χ4v) is 5.29. The number of ether oxygens (including phenoxy) is 1. The summed E-state index contributed by atoms with van der Waals surface area (Å²) < 4.78 is 5.82. The molecular formula is C24H20ClN3O5. The molecule has 2 fully saturated rings. The van der Waals surface area contributed by atoms with Crippen LogP contribution in [0.4, 0.5) is 5.69 Å². The highest BCUT2D eigenvalue weighted by Gasteiger charge is 2.59. The molecule has 0 spiro atoms. The van der Waals surface area contributed by atoms with E-state index in [0.29, 0.717) is 0 Å². The van der Waals surface area contributed by atoms with Crippen LogP contribution in [0.1, 0.15) is 23.1 Å². The Morgan fingerprint density at radius 3 is 2.52 bits per heavy atom. The summed E-state index contributed by atoms with van der Waals surface area (Å²) in [4.78, 5) is 36.8. The second-order valence-electron chi connectivity index (χ2n) is 8.61. The van der Waals surface area contributed by atoms with Crippen LogP contribution in [0.25, 0.3) is 0 Å². The lowest BCUT2D eigenvalue weighted by molar-refractivity contribution is -0.385. The number of amides is 2. The molecule has 2 aliphatic carbocycles. The molecule has 168 valence electrons. The first kappa shape index (κ1) is 21.3. The van der Waals surface area contributed by atoms with E-state index >= 15 is 0 Å². The van der Waals surface area contributed by atoms with Crippen LogP contribution in [0.2, 0.25) is 5.02 Å². The summed E-state index contributed by atoms with van der Waals surface area (Å²) in [5, 5.41) is 16.8. The van der Waals surface area contributed by atoms with E-state index < -0.39 is 4.92 Å². The molecule has 1 saturated heterocycles. The van der Waals surface area contributed by atoms with Crippen molar-refractivity contribution in [3.05, 3.63) is 80.4 Å². The molecule has 9 heteroatoms. The van der Waals surface area contributed by atoms with Gasteiger partial charge in [0, 0.05) is 16.7 Å². The molecular weight excluding hydrogens is 446 g/mol. The number of benzene rings is 2. The lowest BCUT2D eigenvalue weighted by Gasteiger charge is -2.13. The zero-order valence-electron chi connectivity index (χ0n) is 17.7. The number of nitro benzene ring substituents is 1. The predicted octanol–water partition coefficient (Wildman–Crippen LogP) is 4.28. The third kappa shape index (κ3) is 3.70. The van der Waals surface area contributed by atoms with Gasteiger partial charge in [0.05, 0.1) is 23.0 Å². The average Bonchev–Trinajstić information content (AvgIpc) is 3.45. The smallest absolute Gasteiger partial charge is 0.313 e. The number of nitrogens with zero attached hydrogens (tertiary/aromatic N) is 3. The van der Waals surface area contributed by atoms with E-state index in [9.17, 15) is 19.7 Å². The number of hydrogen-bond acceptors (Lipinski definition) is 6. The Labute approximate surface area is 194 Å². The van der Waals surface area contributed by atoms with Crippen molar-refractivity contribution in [2.24, 2.45) is 28.8 Å². The molecule has 2 amide bonds. The fourth-order valence-electron chi connectivity index (χ4n) is 5.07. The van der Waals surface area contributed by atoms with Gasteiger partial charge < -0.3 is 4.74 Å². The maximum Gasteiger partial charge on any atom is 0.313 e. The molecule has 1 saturated carbocycles. The van der Waals surface area contributed by atoms with Crippen LogP contribution in [0.5, 0.6) is 5.75 Å². The van der Waals surface area contributed by atoms with Gasteiger partial charge in [0.15, 0.2) is 0 Å². The van der Waals surface area contributed by atoms with Crippen molar-refractivity contribution in [1.29, 1.82) is 0 Å². The first-order valence-electron chi connectivity index (χ1n) is 10.6. The van der Waals surface area contributed by atoms with Crippen molar-refractivity contribution in [1.82, 2.24) is 5.01 Å². The van der Waals surface area contributed by atoms with Crippen LogP contribution in [-0.2, 0) is 16.2 Å². The molecule has 8 nitrogen and oxygen atoms in total. The Morgan fingerprint density at radius 2 is 1.88 bits per heavy atom. The van der Waals surface area contributed by atoms with Gasteiger partial charge in [-0.15, -0.1) is 0 Å². The number of rotatable bonds is 6. The Balaban J connectivity index is 1.45. The zero-order valence-corrected chi connectivity index (χ0v) is 18.4. The zero-order chi connectivity index (χ0) is 23.3. The molecule has 2 bridgehead atoms. The molecule has 5 rings (SSSR count). The second-order valence-corrected chi connectivity index (χ2v) is 9.05. The highest BCUT2D eigenvalue weighted by molar-refractivity contribution is 6.31. The van der Waals surface area contributed by atoms with Crippen molar-refractivity contribution in [3.8, 4) is 5.75 Å². The van der Waals surface area contributed by atoms with Gasteiger partial charge in [0.1, 0.15) is 6.61 Å². The van der Waals surface area contributed by atoms with Crippen molar-refractivity contribution in [2.45, 2.75) is 20.0 Å². The quantitative estimate of drug-likeness (QED) is 0.208. The minimum absolute atomic E-state index is 0.0318. The molecule has 0 unspecified atom stereocenters. The van der Waals surface area contributed by atoms with Crippen LogP contribution in [0.3, 0.4) is 0 Å². The van der Waals surface area contributed by atoms with E-state index in [1.165, 1.54) is 18.3 Å². The van der Waals surface area contributed by atoms with Gasteiger partial charge in [-0.05, 0) is 36.8 Å². The van der Waals surface area contributed by atoms with Crippen molar-refractivity contribution in [3.63, 3.8) is 0 Å². The summed E-state index contributed by atoms with van der Waals surface area (Å²) in [5.74, 6) is -1.33. The summed E-state index contributed by atoms with van der Waals surface area (Å²) in [6, 6.07) is 10.2. The lowest BCUT2D eigenvalue weighted by atomic mass is 9.85. The van der Waals surface area contributed by atoms with Crippen LogP contribution < -0.4 is 4.74 Å². The Bertz CT molecular complexity index is 1210. The number of carbonyl (C=O) groups excluding carboxylic acids is 2. The van der Waals surface area contributed by atoms with Gasteiger partial charge in [-0.1, -0.05) is 53.6 Å². The first-order chi connectivity index (χ1) is 15.8. The number of halogens is 1. The first-order valence-corrected chi connectivity index (χ1v) is 11.0. The Morgan fingerprint density at radius 1 is 1.18 bits per heavy atom. The molecule has 0 aromatic heterocycles. The number of nitro groups is 1. The molecule has 2 aromatic carbocycles. The van der Waals surface area contributed by atoms with E-state index in [0.717, 1.165) is 22.6 Å². The standard InChI is InChI=1S/C24H20ClN3O5/c1-13-3-2-4-14(7-13)12-33-22-17(9-18(25)10-19(22)28(31)32)11-26-27-23(29)20-15-5-6-16(8-15)21(20)24(27)30/h2-7,9-11,15-16,20-21H,8,12H2,1H3/t15-,16-,20-,21+/m0/s1. The number of hydrogen-bond donors (Lipinski definition) is 0. The second kappa shape index (κ2) is 8.12. The molecule has 0 N–H and O–H groups in total. The molecule has 0 radical (unpaired) electrons. The van der Waals surface area contributed by atoms with Crippen LogP contribution in [0, 0.1) is 40.7 Å². The van der Waals surface area contributed by atoms with Crippen LogP contribution >= 0.6 is 11.6 Å². The van der Waals surface area contributed by atoms with Crippen LogP contribution in [0.15, 0.2) is 53.7 Å². The molecule has 1 aliphatic heterocycles. The number of aryl methyl sites for hydroxylation is 1. The largest absolute Gasteiger partial charge is 0.481 e. The van der Waals surface area contributed by atoms with Gasteiger partial charge in [-0.3, -0.25) is 19.7 Å². The number of carbonyl (C=O) groups is 2. The maximum absolute atomic E-state index is 12.9. The van der Waals surface area contributed by atoms with Crippen molar-refractivity contribution in [2.75, 3.05) is 0 Å². The van der Waals surface area contributed by atoms with E-state index in [4.69, 9.17) is 16.3 Å². The summed E-state index contributed by atoms with van der Waals surface area (Å²) in [7, 11) is 0. The molecule has 4 atom stereocenters. The monoisotopic (exact) mass is 465 g/mol. The number of allylic oxidation sites excluding steroid dienone is 2. The summed E-state index contributed by atoms with van der Waals surface area (Å²) in [6.45, 7) is 2.03. The van der Waals surface area contributed by atoms with Crippen molar-refractivity contribution >= 4 is 35.3 Å². The lowest BCUT2D eigenvalue weighted by Crippen LogP contribution is -2.28. The molecule has 2 aromatic rings. The van der Waals surface area contributed by atoms with Crippen LogP contribution in [-0.4, -0.2) is 28.0 Å². The molecule has 1 heterocycles. The third-order valence-electron chi connectivity index (χ3n) is 6.48. The predicted molar refractivity (Wildman–Crippen MR) is 121 cm³/mol. The van der Waals surface area contributed by atoms with E-state index in [1.807, 2.05) is 43.3 Å². The van der Waals surface area contributed by atoms with Gasteiger partial charge in [-0.25, -0.2) is 0 Å². The van der Waals surface area contributed by atoms with E-state index in [1.54, 1.807) is 0 Å². The summed E-state index contributed by atoms with van der Waals surface area (Å²) in [6.07, 6.45) is 6.06. The maximum atomic E-state index is 12.9. The van der Waals surface area contributed by atoms with Gasteiger partial charge >= 0.3 is 5.69 Å². The summed E-state index contributed by atoms with van der Waals surface area (Å²) >= 11 is 6.10. The summed E-state index contributed by atoms with van der Waals surface area (Å²) in [5.41, 5.74) is 1.75. The average molecular weight is 466 g/mol. The molecule has 33 heavy (non-hydrogen) atoms. The van der Waals surface area contributed by atoms with E-state index in [2.05, 4.69) is 5.10 Å². The number of imide groups is 1. The Kier molecular flexibility index (Phi) is 5.25. The SMILES string of the molecule is Cc1cccc(COc2c(C=NN3C(=O)[C@@H]4[C@H](C3=O)[C@H]3C=C[C@H]4C3)cc(Cl)cc2[N+](=O)[O-])c1. The van der Waals surface area contributed by atoms with Gasteiger partial charge in [0.25, 0.3) is 11.8 Å². The highest BCUT2D eigenvalue weighted by atomic mass is 35.5. The minimum Gasteiger partial charge on any atom is -0.481 e. The van der Waals surface area contributed by atoms with Gasteiger partial charge in [0.2, 0.25) is 5.75 Å². The topological polar surface area (TPSA) is 102 Å². The number of fused-ring (bicyclic) bond motifs is 5.